The number of hydrogen-bond acceptors (Lipinski definition) is 16. The van der Waals surface area contributed by atoms with E-state index in [1.54, 1.807) is 21.3 Å². The minimum atomic E-state index is -3.72. The van der Waals surface area contributed by atoms with Crippen LogP contribution in [0.5, 0.6) is 0 Å². The van der Waals surface area contributed by atoms with Gasteiger partial charge in [0.15, 0.2) is 0 Å². The minimum absolute atomic E-state index is 0.110. The number of rotatable bonds is 39. The summed E-state index contributed by atoms with van der Waals surface area (Å²) in [5, 5.41) is 10.8. The van der Waals surface area contributed by atoms with Crippen molar-refractivity contribution in [3.05, 3.63) is 0 Å². The van der Waals surface area contributed by atoms with Crippen molar-refractivity contribution in [3.63, 3.8) is 0 Å². The number of ether oxygens (including phenoxy) is 9. The van der Waals surface area contributed by atoms with E-state index in [9.17, 15) is 33.4 Å². The monoisotopic (exact) mass is 901 g/mol. The Hall–Kier alpha value is -2.86. The normalized spacial score (nSPS) is 16.6. The van der Waals surface area contributed by atoms with Crippen molar-refractivity contribution in [2.75, 3.05) is 160 Å². The fraction of sp³-hybridized carbons (Fsp3) is 0.868. The Morgan fingerprint density at radius 2 is 0.967 bits per heavy atom. The van der Waals surface area contributed by atoms with Crippen molar-refractivity contribution >= 4 is 37.1 Å². The highest BCUT2D eigenvalue weighted by molar-refractivity contribution is 7.51. The SMILES string of the molecule is COCCOCCOCCNC(=O)CCC(NC(=O)C1CCC(OP(C)(=O)O)CC1)C(=O)N(CC(=O)NCCOCCOCCOC)CC(=O)NCCOCCOCCOC. The first kappa shape index (κ1) is 56.2. The van der Waals surface area contributed by atoms with Crippen LogP contribution in [0, 0.1) is 5.92 Å². The van der Waals surface area contributed by atoms with Crippen LogP contribution >= 0.6 is 7.60 Å². The Kier molecular flexibility index (Phi) is 33.7. The molecule has 0 radical (unpaired) electrons. The quantitative estimate of drug-likeness (QED) is 0.0361. The second kappa shape index (κ2) is 36.6. The molecule has 1 rings (SSSR count). The number of methoxy groups -OCH3 is 3. The summed E-state index contributed by atoms with van der Waals surface area (Å²) in [5.74, 6) is -3.34. The largest absolute Gasteiger partial charge is 0.382 e. The molecule has 1 aliphatic rings. The molecular formula is C38H72N5O17P. The van der Waals surface area contributed by atoms with Crippen molar-refractivity contribution < 1.29 is 80.6 Å². The van der Waals surface area contributed by atoms with Gasteiger partial charge in [-0.25, -0.2) is 0 Å². The van der Waals surface area contributed by atoms with Crippen LogP contribution in [0.4, 0.5) is 0 Å². The third-order valence-electron chi connectivity index (χ3n) is 8.76. The van der Waals surface area contributed by atoms with Gasteiger partial charge in [-0.15, -0.1) is 0 Å². The number of carbonyl (C=O) groups is 5. The molecule has 0 saturated heterocycles. The van der Waals surface area contributed by atoms with E-state index in [-0.39, 0.29) is 65.5 Å². The van der Waals surface area contributed by atoms with Crippen LogP contribution in [0.15, 0.2) is 0 Å². The Bertz CT molecular complexity index is 1210. The summed E-state index contributed by atoms with van der Waals surface area (Å²) in [6, 6.07) is -1.29. The van der Waals surface area contributed by atoms with E-state index in [0.29, 0.717) is 91.8 Å². The summed E-state index contributed by atoms with van der Waals surface area (Å²) in [6.07, 6.45) is 0.530. The van der Waals surface area contributed by atoms with Crippen molar-refractivity contribution in [3.8, 4) is 0 Å². The Morgan fingerprint density at radius 3 is 1.36 bits per heavy atom. The van der Waals surface area contributed by atoms with Crippen molar-refractivity contribution in [1.82, 2.24) is 26.2 Å². The summed E-state index contributed by atoms with van der Waals surface area (Å²) in [6.45, 7) is 5.55. The third-order valence-corrected chi connectivity index (χ3v) is 9.45. The van der Waals surface area contributed by atoms with E-state index < -0.39 is 68.3 Å². The first-order valence-corrected chi connectivity index (χ1v) is 22.7. The molecule has 1 aliphatic carbocycles. The minimum Gasteiger partial charge on any atom is -0.382 e. The van der Waals surface area contributed by atoms with Gasteiger partial charge in [0.2, 0.25) is 29.5 Å². The van der Waals surface area contributed by atoms with E-state index in [0.717, 1.165) is 11.6 Å². The topological polar surface area (TPSA) is 266 Å². The van der Waals surface area contributed by atoms with E-state index in [4.69, 9.17) is 47.2 Å². The highest BCUT2D eigenvalue weighted by Gasteiger charge is 2.34. The van der Waals surface area contributed by atoms with Gasteiger partial charge < -0.3 is 78.2 Å². The van der Waals surface area contributed by atoms with Crippen LogP contribution < -0.4 is 21.3 Å². The molecule has 356 valence electrons. The predicted octanol–water partition coefficient (Wildman–Crippen LogP) is -1.14. The number of carbonyl (C=O) groups excluding carboxylic acids is 5. The molecule has 2 unspecified atom stereocenters. The van der Waals surface area contributed by atoms with Crippen LogP contribution in [-0.4, -0.2) is 211 Å². The molecule has 22 nitrogen and oxygen atoms in total. The van der Waals surface area contributed by atoms with Crippen molar-refractivity contribution in [1.29, 1.82) is 0 Å². The smallest absolute Gasteiger partial charge is 0.325 e. The maximum atomic E-state index is 14.2. The molecule has 0 heterocycles. The number of hydrogen-bond donors (Lipinski definition) is 5. The molecule has 0 aromatic heterocycles. The summed E-state index contributed by atoms with van der Waals surface area (Å²) in [7, 11) is 0.989. The fourth-order valence-corrected chi connectivity index (χ4v) is 6.45. The molecule has 0 aromatic rings. The maximum Gasteiger partial charge on any atom is 0.325 e. The molecule has 61 heavy (non-hydrogen) atoms. The van der Waals surface area contributed by atoms with E-state index >= 15 is 0 Å². The molecule has 1 fully saturated rings. The van der Waals surface area contributed by atoms with Gasteiger partial charge in [0.1, 0.15) is 19.1 Å². The summed E-state index contributed by atoms with van der Waals surface area (Å²) < 4.78 is 64.2. The van der Waals surface area contributed by atoms with Gasteiger partial charge in [0, 0.05) is 60.0 Å². The highest BCUT2D eigenvalue weighted by Crippen LogP contribution is 2.42. The molecular weight excluding hydrogens is 829 g/mol. The molecule has 0 spiro atoms. The maximum absolute atomic E-state index is 14.2. The first-order chi connectivity index (χ1) is 29.4. The van der Waals surface area contributed by atoms with E-state index in [1.807, 2.05) is 0 Å². The molecule has 0 aromatic carbocycles. The van der Waals surface area contributed by atoms with Crippen LogP contribution in [0.2, 0.25) is 0 Å². The average molecular weight is 902 g/mol. The van der Waals surface area contributed by atoms with Crippen molar-refractivity contribution in [2.24, 2.45) is 5.92 Å². The van der Waals surface area contributed by atoms with Gasteiger partial charge in [-0.05, 0) is 32.1 Å². The molecule has 2 atom stereocenters. The van der Waals surface area contributed by atoms with Crippen LogP contribution in [0.1, 0.15) is 38.5 Å². The molecule has 5 N–H and O–H groups in total. The Labute approximate surface area is 359 Å². The number of nitrogens with one attached hydrogen (secondary N) is 4. The fourth-order valence-electron chi connectivity index (χ4n) is 5.69. The van der Waals surface area contributed by atoms with Gasteiger partial charge in [-0.2, -0.15) is 0 Å². The standard InChI is InChI=1S/C38H72N5O17P/c1-51-17-20-57-26-23-54-14-11-39-34(44)10-9-33(42-37(47)31-5-7-32(8-6-31)60-61(4,49)50)38(48)43(29-35(45)40-12-15-55-24-27-58-21-18-52-2)30-36(46)41-13-16-56-25-28-59-22-19-53-3/h31-33H,5-30H2,1-4H3,(H,39,44)(H,40,45)(H,41,46)(H,42,47)(H,49,50). The molecule has 1 saturated carbocycles. The highest BCUT2D eigenvalue weighted by atomic mass is 31.2. The van der Waals surface area contributed by atoms with E-state index in [1.165, 1.54) is 0 Å². The lowest BCUT2D eigenvalue weighted by atomic mass is 9.86. The molecule has 23 heteroatoms. The van der Waals surface area contributed by atoms with Crippen LogP contribution in [0.25, 0.3) is 0 Å². The van der Waals surface area contributed by atoms with Crippen LogP contribution in [0.3, 0.4) is 0 Å². The van der Waals surface area contributed by atoms with Gasteiger partial charge in [-0.3, -0.25) is 28.5 Å². The number of amides is 5. The predicted molar refractivity (Wildman–Crippen MR) is 220 cm³/mol. The third kappa shape index (κ3) is 31.6. The van der Waals surface area contributed by atoms with E-state index in [2.05, 4.69) is 21.3 Å². The second-order valence-electron chi connectivity index (χ2n) is 13.9. The number of nitrogens with zero attached hydrogens (tertiary/aromatic N) is 1. The Morgan fingerprint density at radius 1 is 0.590 bits per heavy atom. The summed E-state index contributed by atoms with van der Waals surface area (Å²) >= 11 is 0. The molecule has 5 amide bonds. The first-order valence-electron chi connectivity index (χ1n) is 20.7. The summed E-state index contributed by atoms with van der Waals surface area (Å²) in [4.78, 5) is 77.6. The molecule has 0 aliphatic heterocycles. The Balaban J connectivity index is 2.98. The van der Waals surface area contributed by atoms with Crippen molar-refractivity contribution in [2.45, 2.75) is 50.7 Å². The summed E-state index contributed by atoms with van der Waals surface area (Å²) in [5.41, 5.74) is 0. The lowest BCUT2D eigenvalue weighted by molar-refractivity contribution is -0.143. The molecule has 0 bridgehead atoms. The lowest BCUT2D eigenvalue weighted by Gasteiger charge is -2.31. The van der Waals surface area contributed by atoms with Gasteiger partial charge in [0.25, 0.3) is 0 Å². The second-order valence-corrected chi connectivity index (χ2v) is 15.7. The van der Waals surface area contributed by atoms with Gasteiger partial charge in [0.05, 0.1) is 105 Å². The zero-order valence-electron chi connectivity index (χ0n) is 36.5. The van der Waals surface area contributed by atoms with Gasteiger partial charge in [-0.1, -0.05) is 0 Å². The average Bonchev–Trinajstić information content (AvgIpc) is 3.22. The van der Waals surface area contributed by atoms with Gasteiger partial charge >= 0.3 is 7.60 Å². The zero-order valence-corrected chi connectivity index (χ0v) is 37.4. The zero-order chi connectivity index (χ0) is 45.0. The van der Waals surface area contributed by atoms with Crippen LogP contribution in [-0.2, 0) is 75.7 Å². The lowest BCUT2D eigenvalue weighted by Crippen LogP contribution is -2.54.